The van der Waals surface area contributed by atoms with E-state index in [1.807, 2.05) is 6.07 Å². The van der Waals surface area contributed by atoms with E-state index in [4.69, 9.17) is 17.3 Å². The molecule has 2 rings (SSSR count). The van der Waals surface area contributed by atoms with Crippen molar-refractivity contribution in [2.75, 3.05) is 5.73 Å². The molecule has 2 aromatic heterocycles. The summed E-state index contributed by atoms with van der Waals surface area (Å²) in [5.74, 6) is 0.570. The molecule has 0 aliphatic rings. The van der Waals surface area contributed by atoms with Gasteiger partial charge in [0.25, 0.3) is 0 Å². The average Bonchev–Trinajstić information content (AvgIpc) is 2.43. The number of rotatable bonds is 1. The second kappa shape index (κ2) is 4.32. The van der Waals surface area contributed by atoms with Gasteiger partial charge in [-0.1, -0.05) is 0 Å². The van der Waals surface area contributed by atoms with Crippen molar-refractivity contribution < 1.29 is 0 Å². The molecule has 2 N–H and O–H groups in total. The molecule has 0 aromatic carbocycles. The molecule has 2 aromatic rings. The SMILES string of the molecule is Nc1nc(Cl)nc(-c2cc(Br)sc2Br)n1. The number of halogens is 3. The number of nitrogen functional groups attached to an aromatic ring is 1. The average molecular weight is 370 g/mol. The van der Waals surface area contributed by atoms with E-state index in [9.17, 15) is 0 Å². The number of hydrogen-bond acceptors (Lipinski definition) is 5. The van der Waals surface area contributed by atoms with E-state index in [1.165, 1.54) is 11.3 Å². The van der Waals surface area contributed by atoms with E-state index in [0.717, 1.165) is 13.1 Å². The molecular weight excluding hydrogens is 367 g/mol. The third-order valence-corrected chi connectivity index (χ3v) is 4.03. The molecule has 78 valence electrons. The van der Waals surface area contributed by atoms with Gasteiger partial charge in [-0.05, 0) is 49.5 Å². The van der Waals surface area contributed by atoms with Gasteiger partial charge in [0.1, 0.15) is 0 Å². The topological polar surface area (TPSA) is 64.7 Å². The minimum absolute atomic E-state index is 0.0896. The monoisotopic (exact) mass is 368 g/mol. The zero-order chi connectivity index (χ0) is 11.0. The number of nitrogens with zero attached hydrogens (tertiary/aromatic N) is 3. The Kier molecular flexibility index (Phi) is 3.24. The normalized spacial score (nSPS) is 10.6. The van der Waals surface area contributed by atoms with E-state index in [2.05, 4.69) is 46.8 Å². The molecule has 15 heavy (non-hydrogen) atoms. The van der Waals surface area contributed by atoms with Crippen LogP contribution in [0.3, 0.4) is 0 Å². The van der Waals surface area contributed by atoms with Gasteiger partial charge in [-0.15, -0.1) is 11.3 Å². The van der Waals surface area contributed by atoms with Crippen LogP contribution in [0.25, 0.3) is 11.4 Å². The first-order valence-corrected chi connectivity index (χ1v) is 6.46. The predicted molar refractivity (Wildman–Crippen MR) is 68.0 cm³/mol. The molecule has 0 aliphatic carbocycles. The first-order valence-electron chi connectivity index (χ1n) is 3.68. The second-order valence-corrected chi connectivity index (χ2v) is 6.61. The Labute approximate surface area is 111 Å². The van der Waals surface area contributed by atoms with Crippen molar-refractivity contribution in [1.29, 1.82) is 0 Å². The summed E-state index contributed by atoms with van der Waals surface area (Å²) in [6.45, 7) is 0. The Morgan fingerprint density at radius 3 is 2.53 bits per heavy atom. The summed E-state index contributed by atoms with van der Waals surface area (Å²) in [6, 6.07) is 1.89. The van der Waals surface area contributed by atoms with E-state index in [-0.39, 0.29) is 11.2 Å². The molecule has 2 heterocycles. The maximum absolute atomic E-state index is 5.69. The lowest BCUT2D eigenvalue weighted by molar-refractivity contribution is 1.07. The van der Waals surface area contributed by atoms with Crippen molar-refractivity contribution in [1.82, 2.24) is 15.0 Å². The van der Waals surface area contributed by atoms with Crippen LogP contribution < -0.4 is 5.73 Å². The first kappa shape index (κ1) is 11.3. The summed E-state index contributed by atoms with van der Waals surface area (Å²) >= 11 is 14.0. The molecule has 0 saturated carbocycles. The molecule has 0 spiro atoms. The second-order valence-electron chi connectivity index (χ2n) is 2.52. The Morgan fingerprint density at radius 2 is 2.00 bits per heavy atom. The maximum Gasteiger partial charge on any atom is 0.227 e. The van der Waals surface area contributed by atoms with Gasteiger partial charge in [-0.2, -0.15) is 15.0 Å². The Balaban J connectivity index is 2.58. The van der Waals surface area contributed by atoms with Crippen LogP contribution in [0.4, 0.5) is 5.95 Å². The Morgan fingerprint density at radius 1 is 1.27 bits per heavy atom. The van der Waals surface area contributed by atoms with Gasteiger partial charge in [-0.3, -0.25) is 0 Å². The van der Waals surface area contributed by atoms with E-state index < -0.39 is 0 Å². The smallest absolute Gasteiger partial charge is 0.227 e. The van der Waals surface area contributed by atoms with Crippen LogP contribution in [0.1, 0.15) is 0 Å². The molecule has 0 aliphatic heterocycles. The van der Waals surface area contributed by atoms with Gasteiger partial charge >= 0.3 is 0 Å². The molecule has 8 heteroatoms. The molecule has 0 saturated heterocycles. The highest BCUT2D eigenvalue weighted by Crippen LogP contribution is 2.37. The lowest BCUT2D eigenvalue weighted by atomic mass is 10.3. The quantitative estimate of drug-likeness (QED) is 0.836. The number of anilines is 1. The molecular formula is C7H3Br2ClN4S. The van der Waals surface area contributed by atoms with E-state index in [0.29, 0.717) is 5.82 Å². The van der Waals surface area contributed by atoms with Crippen molar-refractivity contribution in [3.05, 3.63) is 18.9 Å². The van der Waals surface area contributed by atoms with Crippen LogP contribution in [0.2, 0.25) is 5.28 Å². The minimum Gasteiger partial charge on any atom is -0.368 e. The van der Waals surface area contributed by atoms with E-state index >= 15 is 0 Å². The first-order chi connectivity index (χ1) is 7.06. The van der Waals surface area contributed by atoms with Crippen LogP contribution >= 0.6 is 54.8 Å². The number of thiophene rings is 1. The summed E-state index contributed by atoms with van der Waals surface area (Å²) in [5, 5.41) is 0.0896. The fraction of sp³-hybridized carbons (Fsp3) is 0. The fourth-order valence-electron chi connectivity index (χ4n) is 0.979. The summed E-state index contributed by atoms with van der Waals surface area (Å²) in [6.07, 6.45) is 0. The number of nitrogens with two attached hydrogens (primary N) is 1. The lowest BCUT2D eigenvalue weighted by Crippen LogP contribution is -1.99. The standard InChI is InChI=1S/C7H3Br2ClN4S/c8-3-1-2(4(9)15-3)5-12-6(10)14-7(11)13-5/h1H,(H2,11,12,13,14). The van der Waals surface area contributed by atoms with Crippen molar-refractivity contribution >= 4 is 60.7 Å². The van der Waals surface area contributed by atoms with Crippen LogP contribution in [0.15, 0.2) is 13.6 Å². The molecule has 0 radical (unpaired) electrons. The van der Waals surface area contributed by atoms with Crippen molar-refractivity contribution in [2.45, 2.75) is 0 Å². The van der Waals surface area contributed by atoms with Gasteiger partial charge in [-0.25, -0.2) is 0 Å². The zero-order valence-electron chi connectivity index (χ0n) is 7.04. The van der Waals surface area contributed by atoms with Gasteiger partial charge in [0, 0.05) is 5.56 Å². The number of hydrogen-bond donors (Lipinski definition) is 1. The van der Waals surface area contributed by atoms with E-state index in [1.54, 1.807) is 0 Å². The summed E-state index contributed by atoms with van der Waals surface area (Å²) < 4.78 is 1.88. The molecule has 4 nitrogen and oxygen atoms in total. The predicted octanol–water partition coefficient (Wildman–Crippen LogP) is 3.36. The Bertz CT molecular complexity index is 495. The van der Waals surface area contributed by atoms with Crippen LogP contribution in [-0.4, -0.2) is 15.0 Å². The van der Waals surface area contributed by atoms with Gasteiger partial charge in [0.15, 0.2) is 5.82 Å². The largest absolute Gasteiger partial charge is 0.368 e. The highest BCUT2D eigenvalue weighted by Gasteiger charge is 2.12. The highest BCUT2D eigenvalue weighted by atomic mass is 79.9. The summed E-state index contributed by atoms with van der Waals surface area (Å²) in [5.41, 5.74) is 6.32. The van der Waals surface area contributed by atoms with Crippen molar-refractivity contribution in [3.8, 4) is 11.4 Å². The van der Waals surface area contributed by atoms with Crippen molar-refractivity contribution in [2.24, 2.45) is 0 Å². The molecule has 0 fully saturated rings. The van der Waals surface area contributed by atoms with Crippen LogP contribution in [-0.2, 0) is 0 Å². The van der Waals surface area contributed by atoms with Gasteiger partial charge in [0.2, 0.25) is 11.2 Å². The summed E-state index contributed by atoms with van der Waals surface area (Å²) in [4.78, 5) is 11.7. The lowest BCUT2D eigenvalue weighted by Gasteiger charge is -1.98. The third kappa shape index (κ3) is 2.47. The van der Waals surface area contributed by atoms with Gasteiger partial charge in [0.05, 0.1) is 7.57 Å². The van der Waals surface area contributed by atoms with Gasteiger partial charge < -0.3 is 5.73 Å². The minimum atomic E-state index is 0.0896. The summed E-state index contributed by atoms with van der Waals surface area (Å²) in [7, 11) is 0. The molecule has 0 atom stereocenters. The third-order valence-electron chi connectivity index (χ3n) is 1.52. The maximum atomic E-state index is 5.69. The fourth-order valence-corrected chi connectivity index (χ4v) is 3.93. The molecule has 0 bridgehead atoms. The number of aromatic nitrogens is 3. The van der Waals surface area contributed by atoms with Crippen molar-refractivity contribution in [3.63, 3.8) is 0 Å². The Hall–Kier alpha value is -0.240. The highest BCUT2D eigenvalue weighted by molar-refractivity contribution is 9.12. The zero-order valence-corrected chi connectivity index (χ0v) is 11.8. The van der Waals surface area contributed by atoms with Crippen LogP contribution in [0, 0.1) is 0 Å². The molecule has 0 unspecified atom stereocenters. The van der Waals surface area contributed by atoms with Crippen LogP contribution in [0.5, 0.6) is 0 Å². The molecule has 0 amide bonds.